The molecule has 0 radical (unpaired) electrons. The molecule has 1 aromatic heterocycles. The second-order valence-corrected chi connectivity index (χ2v) is 14.4. The van der Waals surface area contributed by atoms with E-state index in [0.29, 0.717) is 17.8 Å². The van der Waals surface area contributed by atoms with Gasteiger partial charge >= 0.3 is 0 Å². The molecule has 1 aliphatic carbocycles. The molecule has 1 saturated carbocycles. The van der Waals surface area contributed by atoms with Crippen LogP contribution in [0.3, 0.4) is 0 Å². The van der Waals surface area contributed by atoms with E-state index in [1.54, 1.807) is 36.9 Å². The summed E-state index contributed by atoms with van der Waals surface area (Å²) >= 11 is 0. The van der Waals surface area contributed by atoms with E-state index in [1.165, 1.54) is 17.0 Å². The number of ketones is 1. The Labute approximate surface area is 264 Å². The molecule has 13 heteroatoms. The number of aromatic nitrogens is 2. The van der Waals surface area contributed by atoms with Crippen LogP contribution in [0.15, 0.2) is 30.5 Å². The highest BCUT2D eigenvalue weighted by atomic mass is 32.2. The first-order chi connectivity index (χ1) is 21.4. The number of carbonyl (C=O) groups is 4. The zero-order chi connectivity index (χ0) is 32.7. The quantitative estimate of drug-likeness (QED) is 0.335. The molecule has 3 atom stereocenters. The SMILES string of the molecule is CCC(=O)N[C@H](C(=O)N1CCS(=O)(=O)CC1)[C@@H](C)c1ccc(NC(=O)[C@@H](CC(=O)c2ccnn2CC)C2CCCCC2)c(F)c1. The first-order valence-corrected chi connectivity index (χ1v) is 17.7. The number of Topliss-reactive ketones (excluding diaryl/α,β-unsaturated/α-hetero) is 1. The first-order valence-electron chi connectivity index (χ1n) is 15.9. The zero-order valence-corrected chi connectivity index (χ0v) is 27.1. The van der Waals surface area contributed by atoms with Crippen LogP contribution in [0.4, 0.5) is 10.1 Å². The second-order valence-electron chi connectivity index (χ2n) is 12.1. The van der Waals surface area contributed by atoms with Gasteiger partial charge in [0.05, 0.1) is 17.2 Å². The van der Waals surface area contributed by atoms with E-state index < -0.39 is 45.3 Å². The minimum Gasteiger partial charge on any atom is -0.344 e. The summed E-state index contributed by atoms with van der Waals surface area (Å²) < 4.78 is 40.9. The molecule has 3 amide bonds. The number of sulfone groups is 1. The number of halogens is 1. The Hall–Kier alpha value is -3.61. The fraction of sp³-hybridized carbons (Fsp3) is 0.594. The number of nitrogens with zero attached hydrogens (tertiary/aromatic N) is 3. The molecule has 2 aromatic rings. The lowest BCUT2D eigenvalue weighted by Gasteiger charge is -2.33. The van der Waals surface area contributed by atoms with Crippen LogP contribution < -0.4 is 10.6 Å². The van der Waals surface area contributed by atoms with Gasteiger partial charge in [0.1, 0.15) is 17.6 Å². The number of nitrogens with one attached hydrogen (secondary N) is 2. The lowest BCUT2D eigenvalue weighted by atomic mass is 9.77. The summed E-state index contributed by atoms with van der Waals surface area (Å²) in [6.45, 7) is 5.81. The molecule has 4 rings (SSSR count). The summed E-state index contributed by atoms with van der Waals surface area (Å²) in [7, 11) is -3.22. The maximum atomic E-state index is 15.6. The lowest BCUT2D eigenvalue weighted by Crippen LogP contribution is -2.54. The first kappa shape index (κ1) is 34.3. The molecule has 2 heterocycles. The number of amides is 3. The number of anilines is 1. The summed E-state index contributed by atoms with van der Waals surface area (Å²) in [6.07, 6.45) is 6.35. The van der Waals surface area contributed by atoms with Crippen LogP contribution in [0.1, 0.15) is 87.7 Å². The largest absolute Gasteiger partial charge is 0.344 e. The predicted octanol–water partition coefficient (Wildman–Crippen LogP) is 3.71. The predicted molar refractivity (Wildman–Crippen MR) is 168 cm³/mol. The normalized spacial score (nSPS) is 18.9. The second kappa shape index (κ2) is 15.1. The Morgan fingerprint density at radius 2 is 1.73 bits per heavy atom. The minimum absolute atomic E-state index is 0.00165. The van der Waals surface area contributed by atoms with Gasteiger partial charge in [-0.05, 0) is 49.4 Å². The summed E-state index contributed by atoms with van der Waals surface area (Å²) in [5.41, 5.74) is 0.835. The van der Waals surface area contributed by atoms with E-state index in [1.807, 2.05) is 6.92 Å². The van der Waals surface area contributed by atoms with Crippen molar-refractivity contribution in [1.29, 1.82) is 0 Å². The molecule has 2 aliphatic rings. The molecule has 1 saturated heterocycles. The average molecular weight is 646 g/mol. The molecule has 1 aliphatic heterocycles. The number of hydrogen-bond acceptors (Lipinski definition) is 7. The topological polar surface area (TPSA) is 148 Å². The number of rotatable bonds is 12. The number of benzene rings is 1. The van der Waals surface area contributed by atoms with Gasteiger partial charge in [0, 0.05) is 50.5 Å². The molecule has 0 bridgehead atoms. The Kier molecular flexibility index (Phi) is 11.5. The third-order valence-corrected chi connectivity index (χ3v) is 10.7. The fourth-order valence-electron chi connectivity index (χ4n) is 6.28. The zero-order valence-electron chi connectivity index (χ0n) is 26.3. The Balaban J connectivity index is 1.51. The van der Waals surface area contributed by atoms with Gasteiger partial charge in [-0.1, -0.05) is 39.2 Å². The maximum Gasteiger partial charge on any atom is 0.245 e. The van der Waals surface area contributed by atoms with Crippen LogP contribution in [0, 0.1) is 17.7 Å². The third-order valence-electron chi connectivity index (χ3n) is 9.10. The van der Waals surface area contributed by atoms with E-state index in [-0.39, 0.29) is 60.7 Å². The molecule has 1 aromatic carbocycles. The Morgan fingerprint density at radius 3 is 2.36 bits per heavy atom. The number of carbonyl (C=O) groups excluding carboxylic acids is 4. The number of aryl methyl sites for hydroxylation is 1. The van der Waals surface area contributed by atoms with Crippen molar-refractivity contribution in [2.24, 2.45) is 11.8 Å². The highest BCUT2D eigenvalue weighted by Gasteiger charge is 2.36. The molecule has 0 unspecified atom stereocenters. The van der Waals surface area contributed by atoms with Gasteiger partial charge in [-0.15, -0.1) is 0 Å². The van der Waals surface area contributed by atoms with Gasteiger partial charge in [0.25, 0.3) is 0 Å². The van der Waals surface area contributed by atoms with Gasteiger partial charge < -0.3 is 15.5 Å². The van der Waals surface area contributed by atoms with Crippen molar-refractivity contribution in [3.05, 3.63) is 47.5 Å². The van der Waals surface area contributed by atoms with E-state index in [9.17, 15) is 27.6 Å². The minimum atomic E-state index is -3.22. The van der Waals surface area contributed by atoms with Crippen molar-refractivity contribution in [2.75, 3.05) is 29.9 Å². The van der Waals surface area contributed by atoms with Crippen molar-refractivity contribution in [3.63, 3.8) is 0 Å². The smallest absolute Gasteiger partial charge is 0.245 e. The van der Waals surface area contributed by atoms with Gasteiger partial charge in [-0.2, -0.15) is 5.10 Å². The van der Waals surface area contributed by atoms with E-state index in [0.717, 1.165) is 32.1 Å². The van der Waals surface area contributed by atoms with Gasteiger partial charge in [0.2, 0.25) is 17.7 Å². The molecule has 45 heavy (non-hydrogen) atoms. The highest BCUT2D eigenvalue weighted by Crippen LogP contribution is 2.34. The van der Waals surface area contributed by atoms with Crippen LogP contribution in [-0.4, -0.2) is 77.2 Å². The van der Waals surface area contributed by atoms with Crippen LogP contribution in [0.25, 0.3) is 0 Å². The summed E-state index contributed by atoms with van der Waals surface area (Å²) in [4.78, 5) is 54.1. The van der Waals surface area contributed by atoms with Gasteiger partial charge in [0.15, 0.2) is 15.6 Å². The van der Waals surface area contributed by atoms with E-state index in [4.69, 9.17) is 0 Å². The molecule has 11 nitrogen and oxygen atoms in total. The molecule has 0 spiro atoms. The molecule has 246 valence electrons. The number of hydrogen-bond donors (Lipinski definition) is 2. The van der Waals surface area contributed by atoms with Crippen molar-refractivity contribution in [3.8, 4) is 0 Å². The summed E-state index contributed by atoms with van der Waals surface area (Å²) in [6, 6.07) is 4.89. The molecule has 2 N–H and O–H groups in total. The van der Waals surface area contributed by atoms with Crippen LogP contribution in [0.2, 0.25) is 0 Å². The monoisotopic (exact) mass is 645 g/mol. The Morgan fingerprint density at radius 1 is 1.04 bits per heavy atom. The lowest BCUT2D eigenvalue weighted by molar-refractivity contribution is -0.136. The van der Waals surface area contributed by atoms with Crippen LogP contribution >= 0.6 is 0 Å². The molecular weight excluding hydrogens is 601 g/mol. The standard InChI is InChI=1S/C32H44FN5O6S/c1-4-29(40)36-30(32(42)37-15-17-45(43,44)18-16-37)21(3)23-11-12-26(25(33)19-23)35-31(41)24(22-9-7-6-8-10-22)20-28(39)27-13-14-34-38(27)5-2/h11-14,19,21-22,24,30H,4-10,15-18,20H2,1-3H3,(H,35,41)(H,36,40)/t21-,24-,30-/m0/s1. The maximum absolute atomic E-state index is 15.6. The van der Waals surface area contributed by atoms with Crippen LogP contribution in [0.5, 0.6) is 0 Å². The van der Waals surface area contributed by atoms with E-state index >= 15 is 4.39 Å². The fourth-order valence-corrected chi connectivity index (χ4v) is 7.48. The molecular formula is C32H44FN5O6S. The van der Waals surface area contributed by atoms with Crippen molar-refractivity contribution in [2.45, 2.75) is 84.2 Å². The highest BCUT2D eigenvalue weighted by molar-refractivity contribution is 7.91. The van der Waals surface area contributed by atoms with Crippen molar-refractivity contribution < 1.29 is 32.0 Å². The van der Waals surface area contributed by atoms with Crippen molar-refractivity contribution >= 4 is 39.0 Å². The van der Waals surface area contributed by atoms with Crippen molar-refractivity contribution in [1.82, 2.24) is 20.0 Å². The van der Waals surface area contributed by atoms with Gasteiger partial charge in [-0.25, -0.2) is 12.8 Å². The van der Waals surface area contributed by atoms with Crippen LogP contribution in [-0.2, 0) is 30.8 Å². The Bertz CT molecular complexity index is 1490. The average Bonchev–Trinajstić information content (AvgIpc) is 3.52. The third kappa shape index (κ3) is 8.56. The van der Waals surface area contributed by atoms with E-state index in [2.05, 4.69) is 15.7 Å². The van der Waals surface area contributed by atoms with Gasteiger partial charge in [-0.3, -0.25) is 23.9 Å². The molecule has 2 fully saturated rings. The summed E-state index contributed by atoms with van der Waals surface area (Å²) in [5.74, 6) is -3.68. The summed E-state index contributed by atoms with van der Waals surface area (Å²) in [5, 5.41) is 9.62.